The van der Waals surface area contributed by atoms with Crippen LogP contribution < -0.4 is 16.2 Å². The fourth-order valence-corrected chi connectivity index (χ4v) is 5.32. The lowest BCUT2D eigenvalue weighted by atomic mass is 9.97. The predicted octanol–water partition coefficient (Wildman–Crippen LogP) is 5.83. The number of hydrogen-bond donors (Lipinski definition) is 3. The van der Waals surface area contributed by atoms with Crippen molar-refractivity contribution in [2.75, 3.05) is 18.1 Å². The van der Waals surface area contributed by atoms with E-state index in [1.54, 1.807) is 36.5 Å². The van der Waals surface area contributed by atoms with Crippen molar-refractivity contribution < 1.29 is 14.7 Å². The molecule has 0 radical (unpaired) electrons. The molecule has 3 aromatic carbocycles. The van der Waals surface area contributed by atoms with Crippen molar-refractivity contribution in [2.24, 2.45) is 0 Å². The van der Waals surface area contributed by atoms with Crippen molar-refractivity contribution >= 4 is 36.6 Å². The van der Waals surface area contributed by atoms with Gasteiger partial charge in [0.2, 0.25) is 0 Å². The number of carbonyl (C=O) groups is 2. The van der Waals surface area contributed by atoms with Gasteiger partial charge in [0, 0.05) is 25.0 Å². The molecule has 4 N–H and O–H groups in total. The van der Waals surface area contributed by atoms with E-state index in [4.69, 9.17) is 5.73 Å². The van der Waals surface area contributed by atoms with Crippen LogP contribution in [-0.2, 0) is 0 Å². The molecule has 2 amide bonds. The first-order chi connectivity index (χ1) is 18.0. The van der Waals surface area contributed by atoms with E-state index in [1.165, 1.54) is 11.9 Å². The Morgan fingerprint density at radius 3 is 2.21 bits per heavy atom. The van der Waals surface area contributed by atoms with Crippen LogP contribution in [0.3, 0.4) is 0 Å². The lowest BCUT2D eigenvalue weighted by Crippen LogP contribution is -2.39. The third-order valence-corrected chi connectivity index (χ3v) is 8.53. The normalized spacial score (nSPS) is 12.0. The summed E-state index contributed by atoms with van der Waals surface area (Å²) < 4.78 is 0. The van der Waals surface area contributed by atoms with Crippen LogP contribution >= 0.6 is 0 Å². The number of nitrogen functional groups attached to an aromatic ring is 1. The number of carbonyl (C=O) groups excluding carboxylic acids is 1. The molecule has 1 unspecified atom stereocenters. The van der Waals surface area contributed by atoms with Gasteiger partial charge in [-0.05, 0) is 51.7 Å². The van der Waals surface area contributed by atoms with Crippen molar-refractivity contribution in [3.63, 3.8) is 0 Å². The Labute approximate surface area is 224 Å². The number of anilines is 2. The number of rotatable bonds is 7. The molecule has 8 heteroatoms. The van der Waals surface area contributed by atoms with E-state index in [-0.39, 0.29) is 5.91 Å². The van der Waals surface area contributed by atoms with Crippen molar-refractivity contribution in [1.29, 1.82) is 0 Å². The molecule has 0 spiro atoms. The van der Waals surface area contributed by atoms with Gasteiger partial charge in [-0.25, -0.2) is 4.79 Å². The molecule has 0 bridgehead atoms. The van der Waals surface area contributed by atoms with Gasteiger partial charge in [0.05, 0.1) is 25.5 Å². The maximum absolute atomic E-state index is 13.1. The lowest BCUT2D eigenvalue weighted by Gasteiger charge is -2.28. The van der Waals surface area contributed by atoms with E-state index < -0.39 is 20.2 Å². The Morgan fingerprint density at radius 1 is 0.895 bits per heavy atom. The van der Waals surface area contributed by atoms with Gasteiger partial charge in [-0.1, -0.05) is 74.2 Å². The van der Waals surface area contributed by atoms with Crippen LogP contribution in [0, 0.1) is 0 Å². The fourth-order valence-electron chi connectivity index (χ4n) is 4.25. The summed E-state index contributed by atoms with van der Waals surface area (Å²) in [7, 11) is -0.118. The first-order valence-electron chi connectivity index (χ1n) is 12.3. The Morgan fingerprint density at radius 2 is 1.58 bits per heavy atom. The third kappa shape index (κ3) is 5.92. The number of nitrogens with one attached hydrogen (secondary N) is 1. The highest BCUT2D eigenvalue weighted by Gasteiger charge is 2.26. The lowest BCUT2D eigenvalue weighted by molar-refractivity contribution is 0.102. The van der Waals surface area contributed by atoms with E-state index in [0.29, 0.717) is 16.9 Å². The predicted molar refractivity (Wildman–Crippen MR) is 156 cm³/mol. The molecule has 0 saturated carbocycles. The zero-order valence-electron chi connectivity index (χ0n) is 22.0. The molecule has 0 aliphatic rings. The first kappa shape index (κ1) is 26.6. The highest BCUT2D eigenvalue weighted by molar-refractivity contribution is 6.88. The topological polar surface area (TPSA) is 109 Å². The highest BCUT2D eigenvalue weighted by atomic mass is 28.3. The summed E-state index contributed by atoms with van der Waals surface area (Å²) in [5.74, 6) is -0.306. The molecule has 4 aromatic rings. The molecule has 0 aliphatic heterocycles. The van der Waals surface area contributed by atoms with Crippen molar-refractivity contribution in [3.05, 3.63) is 108 Å². The second-order valence-electron chi connectivity index (χ2n) is 10.3. The third-order valence-electron chi connectivity index (χ3n) is 6.53. The van der Waals surface area contributed by atoms with Gasteiger partial charge in [-0.3, -0.25) is 9.78 Å². The van der Waals surface area contributed by atoms with Gasteiger partial charge in [0.25, 0.3) is 5.91 Å². The molecule has 0 saturated heterocycles. The number of benzene rings is 3. The molecule has 194 valence electrons. The summed E-state index contributed by atoms with van der Waals surface area (Å²) in [5, 5.41) is 13.8. The van der Waals surface area contributed by atoms with Gasteiger partial charge in [-0.15, -0.1) is 0 Å². The van der Waals surface area contributed by atoms with E-state index in [2.05, 4.69) is 29.9 Å². The molecule has 0 aliphatic carbocycles. The minimum Gasteiger partial charge on any atom is -0.465 e. The first-order valence-corrected chi connectivity index (χ1v) is 15.8. The maximum atomic E-state index is 13.1. The molecular weight excluding hydrogens is 492 g/mol. The van der Waals surface area contributed by atoms with E-state index in [0.717, 1.165) is 27.4 Å². The van der Waals surface area contributed by atoms with Crippen LogP contribution in [0.5, 0.6) is 0 Å². The summed E-state index contributed by atoms with van der Waals surface area (Å²) in [6, 6.07) is 23.8. The van der Waals surface area contributed by atoms with E-state index in [9.17, 15) is 14.7 Å². The molecule has 1 atom stereocenters. The Balaban J connectivity index is 1.61. The summed E-state index contributed by atoms with van der Waals surface area (Å²) >= 11 is 0. The minimum absolute atomic E-state index is 0.306. The van der Waals surface area contributed by atoms with Gasteiger partial charge < -0.3 is 21.1 Å². The smallest absolute Gasteiger partial charge is 0.407 e. The van der Waals surface area contributed by atoms with Gasteiger partial charge in [0.1, 0.15) is 0 Å². The van der Waals surface area contributed by atoms with Crippen molar-refractivity contribution in [1.82, 2.24) is 9.88 Å². The fraction of sp³-hybridized carbons (Fsp3) is 0.167. The monoisotopic (exact) mass is 524 g/mol. The second kappa shape index (κ2) is 10.9. The van der Waals surface area contributed by atoms with Crippen LogP contribution in [0.25, 0.3) is 11.1 Å². The van der Waals surface area contributed by atoms with Crippen LogP contribution in [0.15, 0.2) is 91.3 Å². The number of carboxylic acid groups (broad SMARTS) is 1. The van der Waals surface area contributed by atoms with Crippen LogP contribution in [-0.4, -0.2) is 42.1 Å². The van der Waals surface area contributed by atoms with Gasteiger partial charge in [0.15, 0.2) is 0 Å². The minimum atomic E-state index is -1.66. The number of amides is 2. The zero-order chi connectivity index (χ0) is 27.4. The van der Waals surface area contributed by atoms with Crippen molar-refractivity contribution in [2.45, 2.75) is 25.7 Å². The quantitative estimate of drug-likeness (QED) is 0.208. The van der Waals surface area contributed by atoms with Crippen LogP contribution in [0.1, 0.15) is 27.5 Å². The molecule has 4 rings (SSSR count). The van der Waals surface area contributed by atoms with E-state index >= 15 is 0 Å². The van der Waals surface area contributed by atoms with Crippen LogP contribution in [0.4, 0.5) is 16.2 Å². The van der Waals surface area contributed by atoms with Gasteiger partial charge >= 0.3 is 6.09 Å². The average molecular weight is 525 g/mol. The Bertz CT molecular complexity index is 1450. The summed E-state index contributed by atoms with van der Waals surface area (Å²) in [5.41, 5.74) is 11.1. The number of aromatic nitrogens is 1. The summed E-state index contributed by atoms with van der Waals surface area (Å²) in [6.07, 6.45) is 2.51. The standard InChI is InChI=1S/C30H32N4O3Si/c1-34(30(36)37)28(24-16-25(19-32-18-24)38(2,3)4)21-10-12-22(13-11-21)29(35)33-27-17-23(14-15-26(27)31)20-8-6-5-7-9-20/h5-19,28H,31H2,1-4H3,(H,33,35)(H,36,37). The molecule has 38 heavy (non-hydrogen) atoms. The zero-order valence-corrected chi connectivity index (χ0v) is 23.0. The molecule has 0 fully saturated rings. The molecule has 1 heterocycles. The Kier molecular flexibility index (Phi) is 7.64. The molecule has 7 nitrogen and oxygen atoms in total. The van der Waals surface area contributed by atoms with E-state index in [1.807, 2.05) is 54.7 Å². The summed E-state index contributed by atoms with van der Waals surface area (Å²) in [4.78, 5) is 30.7. The SMILES string of the molecule is CN(C(=O)O)C(c1ccc(C(=O)Nc2cc(-c3ccccc3)ccc2N)cc1)c1cncc([Si](C)(C)C)c1. The summed E-state index contributed by atoms with van der Waals surface area (Å²) in [6.45, 7) is 6.66. The van der Waals surface area contributed by atoms with Crippen LogP contribution in [0.2, 0.25) is 19.6 Å². The number of nitrogens with zero attached hydrogens (tertiary/aromatic N) is 2. The Hall–Kier alpha value is -4.43. The number of nitrogens with two attached hydrogens (primary N) is 1. The average Bonchev–Trinajstić information content (AvgIpc) is 2.90. The highest BCUT2D eigenvalue weighted by Crippen LogP contribution is 2.29. The molecular formula is C30H32N4O3Si. The van der Waals surface area contributed by atoms with Gasteiger partial charge in [-0.2, -0.15) is 0 Å². The number of pyridine rings is 1. The largest absolute Gasteiger partial charge is 0.465 e. The second-order valence-corrected chi connectivity index (χ2v) is 15.4. The maximum Gasteiger partial charge on any atom is 0.407 e. The number of hydrogen-bond acceptors (Lipinski definition) is 4. The molecule has 1 aromatic heterocycles. The van der Waals surface area contributed by atoms with Crippen molar-refractivity contribution in [3.8, 4) is 11.1 Å².